The van der Waals surface area contributed by atoms with Gasteiger partial charge in [-0.15, -0.1) is 11.3 Å². The third-order valence-electron chi connectivity index (χ3n) is 2.56. The number of nitrogens with zero attached hydrogens (tertiary/aromatic N) is 1. The Balaban J connectivity index is 2.81. The Bertz CT molecular complexity index is 522. The zero-order valence-corrected chi connectivity index (χ0v) is 9.76. The lowest BCUT2D eigenvalue weighted by Gasteiger charge is -2.01. The van der Waals surface area contributed by atoms with Crippen molar-refractivity contribution >= 4 is 27.6 Å². The standard InChI is InChI=1S/C11H13NO2S/c1-6(2)8-4-12(11(13)14)10-9(8)7(3)5-15-10/h4-6H,1-3H3,(H,13,14). The fraction of sp³-hybridized carbons (Fsp3) is 0.364. The summed E-state index contributed by atoms with van der Waals surface area (Å²) >= 11 is 1.49. The van der Waals surface area contributed by atoms with Gasteiger partial charge < -0.3 is 5.11 Å². The van der Waals surface area contributed by atoms with Gasteiger partial charge in [-0.3, -0.25) is 0 Å². The highest BCUT2D eigenvalue weighted by atomic mass is 32.1. The van der Waals surface area contributed by atoms with Crippen molar-refractivity contribution in [3.8, 4) is 0 Å². The number of rotatable bonds is 1. The lowest BCUT2D eigenvalue weighted by Crippen LogP contribution is -2.04. The van der Waals surface area contributed by atoms with Gasteiger partial charge in [0.15, 0.2) is 0 Å². The molecule has 0 aromatic carbocycles. The number of thiophene rings is 1. The smallest absolute Gasteiger partial charge is 0.416 e. The van der Waals surface area contributed by atoms with E-state index in [4.69, 9.17) is 5.11 Å². The van der Waals surface area contributed by atoms with Gasteiger partial charge in [0, 0.05) is 11.6 Å². The van der Waals surface area contributed by atoms with Crippen LogP contribution in [0.1, 0.15) is 30.9 Å². The van der Waals surface area contributed by atoms with Crippen LogP contribution in [0.5, 0.6) is 0 Å². The highest BCUT2D eigenvalue weighted by Crippen LogP contribution is 2.34. The van der Waals surface area contributed by atoms with Crippen LogP contribution in [0.2, 0.25) is 0 Å². The molecule has 15 heavy (non-hydrogen) atoms. The average Bonchev–Trinajstić information content (AvgIpc) is 2.66. The topological polar surface area (TPSA) is 42.2 Å². The Morgan fingerprint density at radius 1 is 1.53 bits per heavy atom. The second-order valence-corrected chi connectivity index (χ2v) is 4.85. The van der Waals surface area contributed by atoms with Crippen molar-refractivity contribution in [2.24, 2.45) is 0 Å². The van der Waals surface area contributed by atoms with E-state index in [0.29, 0.717) is 5.92 Å². The molecule has 80 valence electrons. The molecule has 0 radical (unpaired) electrons. The van der Waals surface area contributed by atoms with E-state index in [-0.39, 0.29) is 0 Å². The summed E-state index contributed by atoms with van der Waals surface area (Å²) in [6.07, 6.45) is 0.829. The number of aryl methyl sites for hydroxylation is 1. The number of carboxylic acid groups (broad SMARTS) is 1. The van der Waals surface area contributed by atoms with Crippen LogP contribution in [0.15, 0.2) is 11.6 Å². The van der Waals surface area contributed by atoms with E-state index in [1.807, 2.05) is 12.3 Å². The maximum atomic E-state index is 11.0. The number of aromatic nitrogens is 1. The van der Waals surface area contributed by atoms with Crippen molar-refractivity contribution in [3.05, 3.63) is 22.7 Å². The van der Waals surface area contributed by atoms with Crippen molar-refractivity contribution in [3.63, 3.8) is 0 Å². The number of hydrogen-bond donors (Lipinski definition) is 1. The second-order valence-electron chi connectivity index (χ2n) is 3.99. The maximum Gasteiger partial charge on any atom is 0.416 e. The molecular weight excluding hydrogens is 210 g/mol. The Morgan fingerprint density at radius 2 is 2.20 bits per heavy atom. The quantitative estimate of drug-likeness (QED) is 0.801. The molecule has 2 rings (SSSR count). The van der Waals surface area contributed by atoms with Crippen molar-refractivity contribution < 1.29 is 9.90 Å². The normalized spacial score (nSPS) is 11.5. The van der Waals surface area contributed by atoms with E-state index in [2.05, 4.69) is 13.8 Å². The Hall–Kier alpha value is -1.29. The lowest BCUT2D eigenvalue weighted by atomic mass is 10.0. The number of carbonyl (C=O) groups is 1. The van der Waals surface area contributed by atoms with Crippen LogP contribution < -0.4 is 0 Å². The van der Waals surface area contributed by atoms with Crippen LogP contribution in [-0.2, 0) is 0 Å². The molecule has 0 fully saturated rings. The first kappa shape index (κ1) is 10.2. The zero-order chi connectivity index (χ0) is 11.2. The summed E-state index contributed by atoms with van der Waals surface area (Å²) < 4.78 is 1.32. The summed E-state index contributed by atoms with van der Waals surface area (Å²) in [5.74, 6) is 0.349. The molecule has 1 N–H and O–H groups in total. The van der Waals surface area contributed by atoms with Gasteiger partial charge in [-0.05, 0) is 29.3 Å². The van der Waals surface area contributed by atoms with Crippen LogP contribution in [0.3, 0.4) is 0 Å². The summed E-state index contributed by atoms with van der Waals surface area (Å²) in [5.41, 5.74) is 2.28. The minimum absolute atomic E-state index is 0.349. The summed E-state index contributed by atoms with van der Waals surface area (Å²) in [6, 6.07) is 0. The summed E-state index contributed by atoms with van der Waals surface area (Å²) in [4.78, 5) is 11.9. The lowest BCUT2D eigenvalue weighted by molar-refractivity contribution is 0.197. The summed E-state index contributed by atoms with van der Waals surface area (Å²) in [5, 5.41) is 12.2. The molecule has 0 aliphatic heterocycles. The Labute approximate surface area is 92.0 Å². The van der Waals surface area contributed by atoms with E-state index in [0.717, 1.165) is 15.8 Å². The van der Waals surface area contributed by atoms with Gasteiger partial charge >= 0.3 is 6.09 Å². The van der Waals surface area contributed by atoms with Crippen molar-refractivity contribution in [2.45, 2.75) is 26.7 Å². The minimum Gasteiger partial charge on any atom is -0.464 e. The van der Waals surface area contributed by atoms with Gasteiger partial charge in [-0.25, -0.2) is 9.36 Å². The largest absolute Gasteiger partial charge is 0.464 e. The first-order valence-corrected chi connectivity index (χ1v) is 5.72. The molecule has 0 aliphatic rings. The van der Waals surface area contributed by atoms with Gasteiger partial charge in [-0.2, -0.15) is 0 Å². The first-order valence-electron chi connectivity index (χ1n) is 4.84. The van der Waals surface area contributed by atoms with Crippen LogP contribution in [-0.4, -0.2) is 15.8 Å². The summed E-state index contributed by atoms with van der Waals surface area (Å²) in [7, 11) is 0. The molecule has 2 aromatic heterocycles. The van der Waals surface area contributed by atoms with Crippen LogP contribution in [0, 0.1) is 6.92 Å². The molecule has 0 amide bonds. The Kier molecular flexibility index (Phi) is 2.31. The molecule has 0 unspecified atom stereocenters. The van der Waals surface area contributed by atoms with E-state index >= 15 is 0 Å². The van der Waals surface area contributed by atoms with Crippen LogP contribution >= 0.6 is 11.3 Å². The highest BCUT2D eigenvalue weighted by molar-refractivity contribution is 7.17. The van der Waals surface area contributed by atoms with Crippen molar-refractivity contribution in [1.82, 2.24) is 4.57 Å². The molecular formula is C11H13NO2S. The average molecular weight is 223 g/mol. The highest BCUT2D eigenvalue weighted by Gasteiger charge is 2.17. The number of fused-ring (bicyclic) bond motifs is 1. The maximum absolute atomic E-state index is 11.0. The van der Waals surface area contributed by atoms with E-state index in [9.17, 15) is 4.79 Å². The Morgan fingerprint density at radius 3 is 2.73 bits per heavy atom. The van der Waals surface area contributed by atoms with Gasteiger partial charge in [0.1, 0.15) is 4.83 Å². The predicted octanol–water partition coefficient (Wildman–Crippen LogP) is 3.66. The van der Waals surface area contributed by atoms with Crippen molar-refractivity contribution in [2.75, 3.05) is 0 Å². The van der Waals surface area contributed by atoms with Crippen molar-refractivity contribution in [1.29, 1.82) is 0 Å². The third kappa shape index (κ3) is 1.45. The molecule has 2 heterocycles. The minimum atomic E-state index is -0.909. The van der Waals surface area contributed by atoms with Crippen LogP contribution in [0.25, 0.3) is 10.2 Å². The van der Waals surface area contributed by atoms with Gasteiger partial charge in [-0.1, -0.05) is 13.8 Å². The van der Waals surface area contributed by atoms with E-state index in [1.165, 1.54) is 21.5 Å². The molecule has 0 saturated carbocycles. The van der Waals surface area contributed by atoms with Gasteiger partial charge in [0.25, 0.3) is 0 Å². The fourth-order valence-electron chi connectivity index (χ4n) is 1.80. The summed E-state index contributed by atoms with van der Waals surface area (Å²) in [6.45, 7) is 6.19. The second kappa shape index (κ2) is 3.38. The molecule has 2 aromatic rings. The monoisotopic (exact) mass is 223 g/mol. The van der Waals surface area contributed by atoms with Crippen LogP contribution in [0.4, 0.5) is 4.79 Å². The molecule has 0 bridgehead atoms. The predicted molar refractivity (Wildman–Crippen MR) is 62.1 cm³/mol. The third-order valence-corrected chi connectivity index (χ3v) is 3.65. The van der Waals surface area contributed by atoms with Gasteiger partial charge in [0.05, 0.1) is 0 Å². The SMILES string of the molecule is Cc1csc2c1c(C(C)C)cn2C(=O)O. The molecule has 0 spiro atoms. The molecule has 0 saturated heterocycles. The molecule has 0 atom stereocenters. The zero-order valence-electron chi connectivity index (χ0n) is 8.94. The van der Waals surface area contributed by atoms with E-state index in [1.54, 1.807) is 6.20 Å². The number of hydrogen-bond acceptors (Lipinski definition) is 2. The molecule has 4 heteroatoms. The molecule has 3 nitrogen and oxygen atoms in total. The van der Waals surface area contributed by atoms with E-state index < -0.39 is 6.09 Å². The fourth-order valence-corrected chi connectivity index (χ4v) is 2.85. The molecule has 0 aliphatic carbocycles. The first-order chi connectivity index (χ1) is 7.02. The van der Waals surface area contributed by atoms with Gasteiger partial charge in [0.2, 0.25) is 0 Å².